The molecule has 10 nitrogen and oxygen atoms in total. The van der Waals surface area contributed by atoms with Crippen LogP contribution in [0.5, 0.6) is 11.6 Å². The van der Waals surface area contributed by atoms with Crippen LogP contribution in [0.3, 0.4) is 0 Å². The van der Waals surface area contributed by atoms with Gasteiger partial charge in [0.2, 0.25) is 11.5 Å². The first-order valence-electron chi connectivity index (χ1n) is 12.9. The number of hydrogen-bond acceptors (Lipinski definition) is 7. The second-order valence-corrected chi connectivity index (χ2v) is 10.0. The number of esters is 1. The molecule has 206 valence electrons. The number of carbonyl (C=O) groups excluding carboxylic acids is 1. The van der Waals surface area contributed by atoms with Crippen LogP contribution in [0.2, 0.25) is 5.02 Å². The van der Waals surface area contributed by atoms with Gasteiger partial charge in [-0.1, -0.05) is 41.4 Å². The summed E-state index contributed by atoms with van der Waals surface area (Å²) in [6.07, 6.45) is 2.23. The van der Waals surface area contributed by atoms with Gasteiger partial charge in [-0.25, -0.2) is 24.1 Å². The van der Waals surface area contributed by atoms with Crippen LogP contribution in [0.1, 0.15) is 36.9 Å². The zero-order valence-electron chi connectivity index (χ0n) is 22.0. The maximum atomic E-state index is 13.7. The average molecular weight is 562 g/mol. The van der Waals surface area contributed by atoms with E-state index in [0.717, 1.165) is 11.1 Å². The summed E-state index contributed by atoms with van der Waals surface area (Å²) in [5, 5.41) is 0.507. The van der Waals surface area contributed by atoms with Crippen molar-refractivity contribution in [1.82, 2.24) is 19.1 Å². The Morgan fingerprint density at radius 1 is 1.07 bits per heavy atom. The number of benzene rings is 2. The molecule has 1 N–H and O–H groups in total. The van der Waals surface area contributed by atoms with Gasteiger partial charge in [0.25, 0.3) is 0 Å². The number of carbonyl (C=O) groups is 1. The van der Waals surface area contributed by atoms with Crippen molar-refractivity contribution < 1.29 is 14.3 Å². The lowest BCUT2D eigenvalue weighted by Crippen LogP contribution is -2.53. The summed E-state index contributed by atoms with van der Waals surface area (Å²) in [4.78, 5) is 50.3. The lowest BCUT2D eigenvalue weighted by molar-refractivity contribution is -0.152. The summed E-state index contributed by atoms with van der Waals surface area (Å²) >= 11 is 5.87. The van der Waals surface area contributed by atoms with E-state index >= 15 is 0 Å². The van der Waals surface area contributed by atoms with E-state index in [0.29, 0.717) is 41.8 Å². The summed E-state index contributed by atoms with van der Waals surface area (Å²) in [5.74, 6) is 0.294. The smallest absolute Gasteiger partial charge is 0.335 e. The number of aromatic nitrogens is 4. The minimum Gasteiger partial charge on any atom is -0.466 e. The number of pyridine rings is 1. The first-order chi connectivity index (χ1) is 19.3. The van der Waals surface area contributed by atoms with E-state index in [9.17, 15) is 14.4 Å². The number of nitrogens with one attached hydrogen (secondary N) is 1. The summed E-state index contributed by atoms with van der Waals surface area (Å²) in [6.45, 7) is 4.22. The van der Waals surface area contributed by atoms with Crippen molar-refractivity contribution in [2.45, 2.75) is 39.3 Å². The predicted octanol–water partition coefficient (Wildman–Crippen LogP) is 4.28. The molecule has 1 saturated carbocycles. The normalized spacial score (nSPS) is 16.8. The van der Waals surface area contributed by atoms with Crippen molar-refractivity contribution in [3.8, 4) is 11.6 Å². The zero-order chi connectivity index (χ0) is 28.2. The number of aromatic amines is 1. The molecular weight excluding hydrogens is 534 g/mol. The molecule has 0 atom stereocenters. The minimum atomic E-state index is -0.579. The van der Waals surface area contributed by atoms with Crippen LogP contribution in [0, 0.1) is 12.8 Å². The van der Waals surface area contributed by atoms with Crippen molar-refractivity contribution in [2.24, 2.45) is 10.9 Å². The van der Waals surface area contributed by atoms with Gasteiger partial charge in [-0.3, -0.25) is 14.3 Å². The SMILES string of the molecule is CCOC(=O)[C@H]1C[C@H](n2c(=O)[nH]/c(=N\c3ccc(Oc4ccc(Cl)cn4)cc3)n(Cc3ccc(C)cc3)c2=O)C1. The van der Waals surface area contributed by atoms with Gasteiger partial charge in [0.1, 0.15) is 5.75 Å². The second kappa shape index (κ2) is 11.7. The van der Waals surface area contributed by atoms with Gasteiger partial charge in [0.05, 0.1) is 29.8 Å². The lowest BCUT2D eigenvalue weighted by Gasteiger charge is -2.34. The minimum absolute atomic E-state index is 0.112. The van der Waals surface area contributed by atoms with Crippen LogP contribution < -0.4 is 21.7 Å². The van der Waals surface area contributed by atoms with E-state index in [-0.39, 0.29) is 24.1 Å². The standard InChI is InChI=1S/C29H28ClN5O5/c1-3-39-26(36)20-14-23(15-20)35-28(37)33-27(34(29(35)38)17-19-6-4-18(2)5-7-19)32-22-9-11-24(12-10-22)40-25-13-8-21(30)16-31-25/h4-13,16,20,23H,3,14-15,17H2,1-2H3,(H,32,33,37)/t20-,23-. The molecule has 11 heteroatoms. The molecule has 0 spiro atoms. The first-order valence-corrected chi connectivity index (χ1v) is 13.3. The highest BCUT2D eigenvalue weighted by molar-refractivity contribution is 6.30. The third-order valence-corrected chi connectivity index (χ3v) is 6.91. The average Bonchev–Trinajstić information content (AvgIpc) is 2.91. The Hall–Kier alpha value is -4.44. The molecule has 2 heterocycles. The van der Waals surface area contributed by atoms with Crippen LogP contribution in [0.4, 0.5) is 5.69 Å². The quantitative estimate of drug-likeness (QED) is 0.321. The van der Waals surface area contributed by atoms with E-state index in [1.807, 2.05) is 31.2 Å². The van der Waals surface area contributed by atoms with Gasteiger partial charge in [-0.2, -0.15) is 0 Å². The molecule has 0 aliphatic heterocycles. The lowest BCUT2D eigenvalue weighted by atomic mass is 9.80. The number of hydrogen-bond donors (Lipinski definition) is 1. The number of aryl methyl sites for hydroxylation is 1. The van der Waals surface area contributed by atoms with Crippen molar-refractivity contribution in [1.29, 1.82) is 0 Å². The summed E-state index contributed by atoms with van der Waals surface area (Å²) in [6, 6.07) is 17.6. The molecule has 0 bridgehead atoms. The summed E-state index contributed by atoms with van der Waals surface area (Å²) in [5.41, 5.74) is 1.51. The topological polar surface area (TPSA) is 121 Å². The van der Waals surface area contributed by atoms with Gasteiger partial charge >= 0.3 is 17.3 Å². The van der Waals surface area contributed by atoms with E-state index in [4.69, 9.17) is 21.1 Å². The van der Waals surface area contributed by atoms with Crippen LogP contribution >= 0.6 is 11.6 Å². The molecule has 40 heavy (non-hydrogen) atoms. The number of rotatable bonds is 8. The van der Waals surface area contributed by atoms with Gasteiger partial charge in [0, 0.05) is 18.3 Å². The van der Waals surface area contributed by atoms with Crippen molar-refractivity contribution in [2.75, 3.05) is 6.61 Å². The van der Waals surface area contributed by atoms with Gasteiger partial charge in [-0.05, 0) is 62.6 Å². The third-order valence-electron chi connectivity index (χ3n) is 6.68. The molecule has 1 fully saturated rings. The van der Waals surface area contributed by atoms with Crippen LogP contribution in [-0.2, 0) is 16.1 Å². The number of halogens is 1. The van der Waals surface area contributed by atoms with Gasteiger partial charge in [0.15, 0.2) is 0 Å². The molecule has 1 aliphatic carbocycles. The predicted molar refractivity (Wildman–Crippen MR) is 149 cm³/mol. The van der Waals surface area contributed by atoms with Crippen LogP contribution in [-0.4, -0.2) is 31.7 Å². The van der Waals surface area contributed by atoms with Gasteiger partial charge < -0.3 is 9.47 Å². The Kier molecular flexibility index (Phi) is 7.97. The molecule has 2 aromatic carbocycles. The fourth-order valence-electron chi connectivity index (χ4n) is 4.47. The molecule has 4 aromatic rings. The number of H-pyrrole nitrogens is 1. The maximum Gasteiger partial charge on any atom is 0.335 e. The highest BCUT2D eigenvalue weighted by Crippen LogP contribution is 2.36. The molecule has 5 rings (SSSR count). The molecule has 2 aromatic heterocycles. The Labute approximate surface area is 234 Å². The van der Waals surface area contributed by atoms with Crippen molar-refractivity contribution in [3.05, 3.63) is 110 Å². The van der Waals surface area contributed by atoms with E-state index in [1.165, 1.54) is 15.3 Å². The highest BCUT2D eigenvalue weighted by atomic mass is 35.5. The van der Waals surface area contributed by atoms with E-state index in [2.05, 4.69) is 15.0 Å². The fraction of sp³-hybridized carbons (Fsp3) is 0.276. The van der Waals surface area contributed by atoms with Crippen LogP contribution in [0.25, 0.3) is 0 Å². The Balaban J connectivity index is 1.48. The van der Waals surface area contributed by atoms with Crippen molar-refractivity contribution in [3.63, 3.8) is 0 Å². The van der Waals surface area contributed by atoms with Crippen LogP contribution in [0.15, 0.2) is 81.4 Å². The Morgan fingerprint density at radius 3 is 2.45 bits per heavy atom. The molecule has 0 amide bonds. The monoisotopic (exact) mass is 561 g/mol. The second-order valence-electron chi connectivity index (χ2n) is 9.57. The number of nitrogens with zero attached hydrogens (tertiary/aromatic N) is 4. The largest absolute Gasteiger partial charge is 0.466 e. The summed E-state index contributed by atoms with van der Waals surface area (Å²) in [7, 11) is 0. The van der Waals surface area contributed by atoms with E-state index in [1.54, 1.807) is 43.3 Å². The fourth-order valence-corrected chi connectivity index (χ4v) is 4.58. The third kappa shape index (κ3) is 6.07. The zero-order valence-corrected chi connectivity index (χ0v) is 22.8. The van der Waals surface area contributed by atoms with Crippen molar-refractivity contribution >= 4 is 23.3 Å². The highest BCUT2D eigenvalue weighted by Gasteiger charge is 2.38. The Morgan fingerprint density at radius 2 is 1.80 bits per heavy atom. The Bertz CT molecular complexity index is 1680. The maximum absolute atomic E-state index is 13.7. The molecular formula is C29H28ClN5O5. The molecule has 0 unspecified atom stereocenters. The molecule has 0 radical (unpaired) electrons. The molecule has 1 aliphatic rings. The number of ether oxygens (including phenoxy) is 2. The van der Waals surface area contributed by atoms with E-state index < -0.39 is 17.4 Å². The first kappa shape index (κ1) is 27.1. The summed E-state index contributed by atoms with van der Waals surface area (Å²) < 4.78 is 13.4. The molecule has 0 saturated heterocycles. The van der Waals surface area contributed by atoms with Gasteiger partial charge in [-0.15, -0.1) is 0 Å².